The molecule has 0 saturated carbocycles. The number of aromatic nitrogens is 1. The Morgan fingerprint density at radius 3 is 2.62 bits per heavy atom. The maximum absolute atomic E-state index is 12.1. The summed E-state index contributed by atoms with van der Waals surface area (Å²) in [7, 11) is 0. The predicted octanol–water partition coefficient (Wildman–Crippen LogP) is 2.61. The number of amides is 1. The van der Waals surface area contributed by atoms with Crippen molar-refractivity contribution in [1.82, 2.24) is 4.98 Å². The van der Waals surface area contributed by atoms with Crippen LogP contribution < -0.4 is 16.0 Å². The first-order valence-electron chi connectivity index (χ1n) is 8.09. The number of carbonyl (C=O) groups is 1. The van der Waals surface area contributed by atoms with E-state index in [2.05, 4.69) is 15.2 Å². The molecule has 0 radical (unpaired) electrons. The summed E-state index contributed by atoms with van der Waals surface area (Å²) in [5.74, 6) is 0.887. The van der Waals surface area contributed by atoms with Gasteiger partial charge < -0.3 is 20.7 Å². The van der Waals surface area contributed by atoms with Crippen LogP contribution in [0.2, 0.25) is 0 Å². The molecule has 1 aliphatic rings. The smallest absolute Gasteiger partial charge is 0.224 e. The molecule has 0 spiro atoms. The second-order valence-electron chi connectivity index (χ2n) is 5.48. The van der Waals surface area contributed by atoms with E-state index < -0.39 is 0 Å². The molecule has 1 fully saturated rings. The largest absolute Gasteiger partial charge is 0.378 e. The topological polar surface area (TPSA) is 80.5 Å². The number of nitrogens with one attached hydrogen (secondary N) is 1. The standard InChI is InChI=1S/C16H26N4O2.2ClH/c17-8-4-2-1-3-7-15(21)19-14-6-5-9-18-16(14)20-10-12-22-13-11-20;;/h5-6,9H,1-4,7-8,10-13,17H2,(H,19,21);2*1H. The van der Waals surface area contributed by atoms with Gasteiger partial charge in [-0.15, -0.1) is 24.8 Å². The molecule has 1 aromatic rings. The van der Waals surface area contributed by atoms with Crippen molar-refractivity contribution in [1.29, 1.82) is 0 Å². The van der Waals surface area contributed by atoms with Gasteiger partial charge in [0.25, 0.3) is 0 Å². The number of hydrogen-bond acceptors (Lipinski definition) is 5. The molecule has 6 nitrogen and oxygen atoms in total. The highest BCUT2D eigenvalue weighted by Gasteiger charge is 2.16. The fourth-order valence-corrected chi connectivity index (χ4v) is 2.52. The van der Waals surface area contributed by atoms with E-state index in [1.165, 1.54) is 0 Å². The molecule has 8 heteroatoms. The molecule has 1 aliphatic heterocycles. The molecule has 1 saturated heterocycles. The van der Waals surface area contributed by atoms with Gasteiger partial charge in [-0.25, -0.2) is 4.98 Å². The van der Waals surface area contributed by atoms with E-state index in [1.54, 1.807) is 6.20 Å². The molecule has 0 atom stereocenters. The normalized spacial score (nSPS) is 13.6. The summed E-state index contributed by atoms with van der Waals surface area (Å²) in [5.41, 5.74) is 6.25. The molecule has 2 rings (SSSR count). The van der Waals surface area contributed by atoms with Crippen LogP contribution in [0, 0.1) is 0 Å². The van der Waals surface area contributed by atoms with Crippen LogP contribution >= 0.6 is 24.8 Å². The first-order chi connectivity index (χ1) is 10.8. The molecular weight excluding hydrogens is 351 g/mol. The summed E-state index contributed by atoms with van der Waals surface area (Å²) in [6.45, 7) is 3.74. The Morgan fingerprint density at radius 1 is 1.21 bits per heavy atom. The Balaban J connectivity index is 0.00000264. The minimum absolute atomic E-state index is 0. The van der Waals surface area contributed by atoms with Gasteiger partial charge in [0.15, 0.2) is 5.82 Å². The molecule has 0 bridgehead atoms. The zero-order valence-corrected chi connectivity index (χ0v) is 15.5. The van der Waals surface area contributed by atoms with E-state index in [1.807, 2.05) is 12.1 Å². The molecule has 0 aliphatic carbocycles. The minimum atomic E-state index is 0. The summed E-state index contributed by atoms with van der Waals surface area (Å²) in [6.07, 6.45) is 6.38. The highest BCUT2D eigenvalue weighted by atomic mass is 35.5. The average molecular weight is 379 g/mol. The third-order valence-electron chi connectivity index (χ3n) is 3.73. The third-order valence-corrected chi connectivity index (χ3v) is 3.73. The number of nitrogens with zero attached hydrogens (tertiary/aromatic N) is 2. The molecule has 24 heavy (non-hydrogen) atoms. The van der Waals surface area contributed by atoms with E-state index in [-0.39, 0.29) is 30.7 Å². The van der Waals surface area contributed by atoms with Crippen LogP contribution in [0.25, 0.3) is 0 Å². The van der Waals surface area contributed by atoms with Crippen LogP contribution in [0.5, 0.6) is 0 Å². The Morgan fingerprint density at radius 2 is 1.92 bits per heavy atom. The van der Waals surface area contributed by atoms with Crippen molar-refractivity contribution in [3.05, 3.63) is 18.3 Å². The number of carbonyl (C=O) groups excluding carboxylic acids is 1. The van der Waals surface area contributed by atoms with Crippen molar-refractivity contribution in [3.8, 4) is 0 Å². The molecular formula is C16H28Cl2N4O2. The van der Waals surface area contributed by atoms with Gasteiger partial charge in [0.05, 0.1) is 18.9 Å². The monoisotopic (exact) mass is 378 g/mol. The van der Waals surface area contributed by atoms with Gasteiger partial charge >= 0.3 is 0 Å². The van der Waals surface area contributed by atoms with Crippen LogP contribution in [-0.4, -0.2) is 43.7 Å². The SMILES string of the molecule is Cl.Cl.NCCCCCCC(=O)Nc1cccnc1N1CCOCC1. The van der Waals surface area contributed by atoms with Gasteiger partial charge in [0.1, 0.15) is 0 Å². The van der Waals surface area contributed by atoms with E-state index in [4.69, 9.17) is 10.5 Å². The number of anilines is 2. The summed E-state index contributed by atoms with van der Waals surface area (Å²) < 4.78 is 5.36. The van der Waals surface area contributed by atoms with Gasteiger partial charge in [0, 0.05) is 25.7 Å². The van der Waals surface area contributed by atoms with Gasteiger partial charge in [0.2, 0.25) is 5.91 Å². The van der Waals surface area contributed by atoms with Crippen LogP contribution in [0.4, 0.5) is 11.5 Å². The number of nitrogens with two attached hydrogens (primary N) is 1. The molecule has 1 aromatic heterocycles. The second-order valence-corrected chi connectivity index (χ2v) is 5.48. The van der Waals surface area contributed by atoms with E-state index in [9.17, 15) is 4.79 Å². The zero-order chi connectivity index (χ0) is 15.6. The lowest BCUT2D eigenvalue weighted by Gasteiger charge is -2.29. The summed E-state index contributed by atoms with van der Waals surface area (Å²) in [5, 5.41) is 2.99. The first-order valence-corrected chi connectivity index (χ1v) is 8.09. The Labute approximate surface area is 156 Å². The highest BCUT2D eigenvalue weighted by Crippen LogP contribution is 2.23. The Kier molecular flexibility index (Phi) is 12.6. The van der Waals surface area contributed by atoms with E-state index >= 15 is 0 Å². The van der Waals surface area contributed by atoms with Crippen LogP contribution in [-0.2, 0) is 9.53 Å². The molecule has 138 valence electrons. The molecule has 0 aromatic carbocycles. The van der Waals surface area contributed by atoms with E-state index in [0.717, 1.165) is 56.8 Å². The number of rotatable bonds is 8. The summed E-state index contributed by atoms with van der Waals surface area (Å²) in [6, 6.07) is 3.75. The molecule has 0 unspecified atom stereocenters. The average Bonchev–Trinajstić information content (AvgIpc) is 2.56. The van der Waals surface area contributed by atoms with Crippen molar-refractivity contribution in [2.45, 2.75) is 32.1 Å². The fourth-order valence-electron chi connectivity index (χ4n) is 2.52. The Bertz CT molecular complexity index is 471. The van der Waals surface area contributed by atoms with Crippen LogP contribution in [0.3, 0.4) is 0 Å². The summed E-state index contributed by atoms with van der Waals surface area (Å²) >= 11 is 0. The van der Waals surface area contributed by atoms with Crippen molar-refractivity contribution in [3.63, 3.8) is 0 Å². The number of morpholine rings is 1. The fraction of sp³-hybridized carbons (Fsp3) is 0.625. The maximum atomic E-state index is 12.1. The van der Waals surface area contributed by atoms with Gasteiger partial charge in [-0.05, 0) is 31.5 Å². The van der Waals surface area contributed by atoms with Crippen molar-refractivity contribution >= 4 is 42.2 Å². The van der Waals surface area contributed by atoms with Gasteiger partial charge in [-0.2, -0.15) is 0 Å². The number of halogens is 2. The van der Waals surface area contributed by atoms with Gasteiger partial charge in [-0.1, -0.05) is 12.8 Å². The van der Waals surface area contributed by atoms with Crippen molar-refractivity contribution in [2.24, 2.45) is 5.73 Å². The number of unbranched alkanes of at least 4 members (excludes halogenated alkanes) is 3. The Hall–Kier alpha value is -1.08. The molecule has 3 N–H and O–H groups in total. The van der Waals surface area contributed by atoms with Crippen LogP contribution in [0.1, 0.15) is 32.1 Å². The van der Waals surface area contributed by atoms with Gasteiger partial charge in [-0.3, -0.25) is 4.79 Å². The molecule has 2 heterocycles. The number of hydrogen-bond donors (Lipinski definition) is 2. The lowest BCUT2D eigenvalue weighted by Crippen LogP contribution is -2.37. The number of pyridine rings is 1. The minimum Gasteiger partial charge on any atom is -0.378 e. The van der Waals surface area contributed by atoms with E-state index in [0.29, 0.717) is 19.6 Å². The molecule has 1 amide bonds. The predicted molar refractivity (Wildman–Crippen MR) is 103 cm³/mol. The highest BCUT2D eigenvalue weighted by molar-refractivity contribution is 5.93. The summed E-state index contributed by atoms with van der Waals surface area (Å²) in [4.78, 5) is 18.6. The van der Waals surface area contributed by atoms with Crippen LogP contribution in [0.15, 0.2) is 18.3 Å². The van der Waals surface area contributed by atoms with Crippen molar-refractivity contribution in [2.75, 3.05) is 43.1 Å². The lowest BCUT2D eigenvalue weighted by atomic mass is 10.1. The maximum Gasteiger partial charge on any atom is 0.224 e. The second kappa shape index (κ2) is 13.2. The lowest BCUT2D eigenvalue weighted by molar-refractivity contribution is -0.116. The van der Waals surface area contributed by atoms with Crippen molar-refractivity contribution < 1.29 is 9.53 Å². The first kappa shape index (κ1) is 22.9. The number of ether oxygens (including phenoxy) is 1. The quantitative estimate of drug-likeness (QED) is 0.679. The third kappa shape index (κ3) is 7.66. The zero-order valence-electron chi connectivity index (χ0n) is 13.9.